The first-order valence-electron chi connectivity index (χ1n) is 11.4. The molecule has 10 nitrogen and oxygen atoms in total. The molecule has 0 unspecified atom stereocenters. The van der Waals surface area contributed by atoms with E-state index in [0.29, 0.717) is 39.5 Å². The molecule has 0 aliphatic heterocycles. The van der Waals surface area contributed by atoms with Crippen LogP contribution in [-0.2, 0) is 4.79 Å². The summed E-state index contributed by atoms with van der Waals surface area (Å²) in [6, 6.07) is 20.0. The van der Waals surface area contributed by atoms with Crippen LogP contribution in [0.25, 0.3) is 33.2 Å². The molecule has 36 heavy (non-hydrogen) atoms. The van der Waals surface area contributed by atoms with Crippen molar-refractivity contribution in [3.63, 3.8) is 0 Å². The number of carbonyl (C=O) groups is 1. The highest BCUT2D eigenvalue weighted by Crippen LogP contribution is 2.34. The summed E-state index contributed by atoms with van der Waals surface area (Å²) in [6.45, 7) is 3.67. The van der Waals surface area contributed by atoms with Gasteiger partial charge in [-0.2, -0.15) is 10.1 Å². The van der Waals surface area contributed by atoms with Crippen molar-refractivity contribution in [1.29, 1.82) is 0 Å². The fourth-order valence-electron chi connectivity index (χ4n) is 3.86. The van der Waals surface area contributed by atoms with Crippen LogP contribution in [0.3, 0.4) is 0 Å². The van der Waals surface area contributed by atoms with Crippen molar-refractivity contribution < 1.29 is 9.53 Å². The molecular formula is C26H23N7O3. The van der Waals surface area contributed by atoms with Gasteiger partial charge in [-0.3, -0.25) is 9.89 Å². The van der Waals surface area contributed by atoms with Gasteiger partial charge >= 0.3 is 0 Å². The third-order valence-corrected chi connectivity index (χ3v) is 5.45. The van der Waals surface area contributed by atoms with E-state index >= 15 is 0 Å². The van der Waals surface area contributed by atoms with Crippen LogP contribution in [0, 0.1) is 4.91 Å². The Morgan fingerprint density at radius 1 is 1.08 bits per heavy atom. The van der Waals surface area contributed by atoms with E-state index in [9.17, 15) is 9.70 Å². The van der Waals surface area contributed by atoms with Gasteiger partial charge in [-0.1, -0.05) is 24.3 Å². The highest BCUT2D eigenvalue weighted by molar-refractivity contribution is 5.94. The largest absolute Gasteiger partial charge is 0.484 e. The van der Waals surface area contributed by atoms with Crippen molar-refractivity contribution >= 4 is 39.2 Å². The molecule has 0 saturated carbocycles. The predicted octanol–water partition coefficient (Wildman–Crippen LogP) is 4.90. The lowest BCUT2D eigenvalue weighted by Gasteiger charge is -2.17. The van der Waals surface area contributed by atoms with E-state index in [0.717, 1.165) is 10.9 Å². The van der Waals surface area contributed by atoms with Gasteiger partial charge in [0.05, 0.1) is 28.2 Å². The normalized spacial score (nSPS) is 11.1. The van der Waals surface area contributed by atoms with Crippen molar-refractivity contribution in [1.82, 2.24) is 25.5 Å². The van der Waals surface area contributed by atoms with E-state index in [2.05, 4.69) is 20.8 Å². The Bertz CT molecular complexity index is 1560. The second kappa shape index (κ2) is 9.79. The van der Waals surface area contributed by atoms with E-state index in [4.69, 9.17) is 14.7 Å². The molecule has 5 rings (SSSR count). The van der Waals surface area contributed by atoms with E-state index in [-0.39, 0.29) is 18.6 Å². The summed E-state index contributed by atoms with van der Waals surface area (Å²) in [4.78, 5) is 33.5. The van der Waals surface area contributed by atoms with Gasteiger partial charge in [0.15, 0.2) is 18.2 Å². The molecule has 10 heteroatoms. The number of hydrogen-bond acceptors (Lipinski definition) is 7. The summed E-state index contributed by atoms with van der Waals surface area (Å²) < 4.78 is 5.66. The van der Waals surface area contributed by atoms with Gasteiger partial charge in [-0.25, -0.2) is 9.97 Å². The summed E-state index contributed by atoms with van der Waals surface area (Å²) in [5.41, 5.74) is 2.71. The van der Waals surface area contributed by atoms with Gasteiger partial charge in [0.25, 0.3) is 5.91 Å². The zero-order valence-corrected chi connectivity index (χ0v) is 19.7. The lowest BCUT2D eigenvalue weighted by Crippen LogP contribution is -2.34. The molecule has 0 aliphatic rings. The number of aromatic amines is 1. The summed E-state index contributed by atoms with van der Waals surface area (Å²) in [6.07, 6.45) is 1.68. The van der Waals surface area contributed by atoms with Crippen LogP contribution in [0.2, 0.25) is 0 Å². The Morgan fingerprint density at radius 2 is 1.94 bits per heavy atom. The Hall–Kier alpha value is -4.86. The number of benzene rings is 3. The van der Waals surface area contributed by atoms with Gasteiger partial charge in [-0.15, -0.1) is 4.91 Å². The maximum atomic E-state index is 12.1. The number of fused-ring (bicyclic) bond motifs is 2. The third-order valence-electron chi connectivity index (χ3n) is 5.45. The number of anilines is 2. The van der Waals surface area contributed by atoms with Gasteiger partial charge in [0.2, 0.25) is 0 Å². The SMILES string of the molecule is CC(C)NC(=O)COc1cccc(-c2nc(N(N=O)c3ccc4[nH]ncc4c3)c3ccccc3n2)c1. The highest BCUT2D eigenvalue weighted by atomic mass is 16.5. The zero-order valence-electron chi connectivity index (χ0n) is 19.7. The Morgan fingerprint density at radius 3 is 2.78 bits per heavy atom. The van der Waals surface area contributed by atoms with Crippen LogP contribution in [0.15, 0.2) is 78.2 Å². The number of nitroso groups, excluding NO2 is 1. The van der Waals surface area contributed by atoms with Crippen molar-refractivity contribution in [2.24, 2.45) is 5.29 Å². The van der Waals surface area contributed by atoms with Crippen LogP contribution in [0.1, 0.15) is 13.8 Å². The zero-order chi connectivity index (χ0) is 25.1. The summed E-state index contributed by atoms with van der Waals surface area (Å²) in [7, 11) is 0. The van der Waals surface area contributed by atoms with Crippen molar-refractivity contribution in [2.45, 2.75) is 19.9 Å². The molecule has 0 fully saturated rings. The minimum Gasteiger partial charge on any atom is -0.484 e. The molecule has 0 radical (unpaired) electrons. The quantitative estimate of drug-likeness (QED) is 0.239. The molecule has 3 aromatic carbocycles. The number of nitrogens with one attached hydrogen (secondary N) is 2. The number of amides is 1. The maximum absolute atomic E-state index is 12.1. The van der Waals surface area contributed by atoms with E-state index in [1.807, 2.05) is 56.3 Å². The number of carbonyl (C=O) groups excluding carboxylic acids is 1. The molecule has 0 spiro atoms. The molecule has 0 saturated heterocycles. The highest BCUT2D eigenvalue weighted by Gasteiger charge is 2.19. The van der Waals surface area contributed by atoms with Crippen LogP contribution in [-0.4, -0.2) is 38.7 Å². The van der Waals surface area contributed by atoms with E-state index in [1.54, 1.807) is 30.5 Å². The van der Waals surface area contributed by atoms with Crippen LogP contribution in [0.4, 0.5) is 11.5 Å². The minimum absolute atomic E-state index is 0.0282. The second-order valence-electron chi connectivity index (χ2n) is 8.46. The summed E-state index contributed by atoms with van der Waals surface area (Å²) >= 11 is 0. The number of ether oxygens (including phenoxy) is 1. The second-order valence-corrected chi connectivity index (χ2v) is 8.46. The average Bonchev–Trinajstić information content (AvgIpc) is 3.36. The van der Waals surface area contributed by atoms with Gasteiger partial charge in [0.1, 0.15) is 5.75 Å². The van der Waals surface area contributed by atoms with Gasteiger partial charge in [-0.05, 0) is 56.3 Å². The maximum Gasteiger partial charge on any atom is 0.258 e. The molecule has 0 bridgehead atoms. The monoisotopic (exact) mass is 481 g/mol. The Kier molecular flexibility index (Phi) is 6.23. The lowest BCUT2D eigenvalue weighted by molar-refractivity contribution is -0.123. The molecule has 0 atom stereocenters. The Balaban J connectivity index is 1.54. The Labute approximate surface area is 206 Å². The molecule has 2 aromatic heterocycles. The molecule has 2 heterocycles. The summed E-state index contributed by atoms with van der Waals surface area (Å²) in [5.74, 6) is 1.03. The standard InChI is InChI=1S/C26H23N7O3/c1-16(2)28-24(34)15-36-20-7-5-6-17(13-20)25-29-23-9-4-3-8-21(23)26(30-25)33(32-35)19-10-11-22-18(12-19)14-27-31-22/h3-14,16H,15H2,1-2H3,(H,27,31)(H,28,34). The van der Waals surface area contributed by atoms with Crippen molar-refractivity contribution in [3.8, 4) is 17.1 Å². The van der Waals surface area contributed by atoms with Crippen LogP contribution >= 0.6 is 0 Å². The minimum atomic E-state index is -0.207. The number of aromatic nitrogens is 4. The molecule has 0 aliphatic carbocycles. The fourth-order valence-corrected chi connectivity index (χ4v) is 3.86. The van der Waals surface area contributed by atoms with Crippen LogP contribution in [0.5, 0.6) is 5.75 Å². The van der Waals surface area contributed by atoms with Crippen LogP contribution < -0.4 is 15.1 Å². The first-order chi connectivity index (χ1) is 17.5. The fraction of sp³-hybridized carbons (Fsp3) is 0.154. The van der Waals surface area contributed by atoms with E-state index in [1.165, 1.54) is 5.01 Å². The summed E-state index contributed by atoms with van der Waals surface area (Å²) in [5, 5.41) is 15.8. The third kappa shape index (κ3) is 4.69. The number of rotatable bonds is 8. The number of H-pyrrole nitrogens is 1. The first kappa shape index (κ1) is 22.9. The lowest BCUT2D eigenvalue weighted by atomic mass is 10.1. The van der Waals surface area contributed by atoms with Crippen molar-refractivity contribution in [2.75, 3.05) is 11.6 Å². The van der Waals surface area contributed by atoms with Crippen molar-refractivity contribution in [3.05, 3.63) is 77.8 Å². The van der Waals surface area contributed by atoms with E-state index < -0.39 is 0 Å². The smallest absolute Gasteiger partial charge is 0.258 e. The van der Waals surface area contributed by atoms with Gasteiger partial charge in [0, 0.05) is 22.4 Å². The number of hydrogen-bond donors (Lipinski definition) is 2. The number of nitrogens with zero attached hydrogens (tertiary/aromatic N) is 5. The first-order valence-corrected chi connectivity index (χ1v) is 11.4. The van der Waals surface area contributed by atoms with Gasteiger partial charge < -0.3 is 10.1 Å². The topological polar surface area (TPSA) is 125 Å². The molecule has 5 aromatic rings. The molecule has 2 N–H and O–H groups in total. The number of para-hydroxylation sites is 1. The molecular weight excluding hydrogens is 458 g/mol. The average molecular weight is 482 g/mol. The molecule has 1 amide bonds. The predicted molar refractivity (Wildman–Crippen MR) is 138 cm³/mol. The molecule has 180 valence electrons.